The first kappa shape index (κ1) is 16.0. The number of ether oxygens (including phenoxy) is 1. The highest BCUT2D eigenvalue weighted by atomic mass is 19.1. The topological polar surface area (TPSA) is 29.5 Å². The van der Waals surface area contributed by atoms with Gasteiger partial charge in [0.15, 0.2) is 0 Å². The zero-order valence-corrected chi connectivity index (χ0v) is 12.4. The molecule has 2 nitrogen and oxygen atoms in total. The predicted molar refractivity (Wildman–Crippen MR) is 81.3 cm³/mol. The molecule has 114 valence electrons. The maximum Gasteiger partial charge on any atom is 0.124 e. The van der Waals surface area contributed by atoms with Gasteiger partial charge in [-0.2, -0.15) is 0 Å². The minimum Gasteiger partial charge on any atom is -0.395 e. The number of aliphatic hydroxyl groups excluding tert-OH is 1. The van der Waals surface area contributed by atoms with Crippen molar-refractivity contribution in [2.75, 3.05) is 6.61 Å². The molecule has 1 aliphatic rings. The first-order valence-electron chi connectivity index (χ1n) is 7.79. The van der Waals surface area contributed by atoms with Crippen molar-refractivity contribution >= 4 is 0 Å². The van der Waals surface area contributed by atoms with E-state index in [1.807, 2.05) is 6.07 Å². The molecule has 1 aliphatic carbocycles. The summed E-state index contributed by atoms with van der Waals surface area (Å²) in [4.78, 5) is 0. The van der Waals surface area contributed by atoms with Crippen LogP contribution in [0.4, 0.5) is 4.39 Å². The van der Waals surface area contributed by atoms with E-state index in [0.29, 0.717) is 24.7 Å². The van der Waals surface area contributed by atoms with Crippen LogP contribution in [0, 0.1) is 17.7 Å². The van der Waals surface area contributed by atoms with E-state index in [1.54, 1.807) is 0 Å². The number of benzene rings is 1. The van der Waals surface area contributed by atoms with Crippen molar-refractivity contribution < 1.29 is 14.2 Å². The molecule has 0 amide bonds. The highest BCUT2D eigenvalue weighted by Crippen LogP contribution is 2.21. The predicted octanol–water partition coefficient (Wildman–Crippen LogP) is 3.80. The van der Waals surface area contributed by atoms with Crippen molar-refractivity contribution in [3.05, 3.63) is 35.1 Å². The minimum absolute atomic E-state index is 0.0277. The van der Waals surface area contributed by atoms with Crippen LogP contribution in [0.2, 0.25) is 0 Å². The molecule has 1 aromatic rings. The summed E-state index contributed by atoms with van der Waals surface area (Å²) in [5.41, 5.74) is 1.47. The second-order valence-corrected chi connectivity index (χ2v) is 5.55. The van der Waals surface area contributed by atoms with Gasteiger partial charge in [-0.1, -0.05) is 37.5 Å². The number of aliphatic hydroxyl groups is 1. The SMILES string of the molecule is OCCC#Cc1cc(F)cc(COC2CCCCCC2)c1. The van der Waals surface area contributed by atoms with E-state index >= 15 is 0 Å². The molecule has 1 aromatic carbocycles. The van der Waals surface area contributed by atoms with Gasteiger partial charge in [0.25, 0.3) is 0 Å². The average Bonchev–Trinajstić information content (AvgIpc) is 2.74. The molecule has 0 radical (unpaired) electrons. The molecule has 1 N–H and O–H groups in total. The van der Waals surface area contributed by atoms with Gasteiger partial charge >= 0.3 is 0 Å². The van der Waals surface area contributed by atoms with Crippen LogP contribution in [0.15, 0.2) is 18.2 Å². The lowest BCUT2D eigenvalue weighted by Crippen LogP contribution is -2.11. The molecule has 1 saturated carbocycles. The smallest absolute Gasteiger partial charge is 0.124 e. The van der Waals surface area contributed by atoms with Gasteiger partial charge in [-0.25, -0.2) is 4.39 Å². The summed E-state index contributed by atoms with van der Waals surface area (Å²) in [6, 6.07) is 4.79. The van der Waals surface area contributed by atoms with Crippen LogP contribution in [0.5, 0.6) is 0 Å². The molecule has 21 heavy (non-hydrogen) atoms. The van der Waals surface area contributed by atoms with E-state index in [1.165, 1.54) is 37.8 Å². The fraction of sp³-hybridized carbons (Fsp3) is 0.556. The minimum atomic E-state index is -0.287. The monoisotopic (exact) mass is 290 g/mol. The maximum absolute atomic E-state index is 13.6. The van der Waals surface area contributed by atoms with E-state index in [-0.39, 0.29) is 12.4 Å². The van der Waals surface area contributed by atoms with Crippen LogP contribution in [-0.4, -0.2) is 17.8 Å². The zero-order chi connectivity index (χ0) is 14.9. The quantitative estimate of drug-likeness (QED) is 0.675. The van der Waals surface area contributed by atoms with Crippen molar-refractivity contribution in [1.29, 1.82) is 0 Å². The fourth-order valence-electron chi connectivity index (χ4n) is 2.65. The van der Waals surface area contributed by atoms with Crippen molar-refractivity contribution in [3.8, 4) is 11.8 Å². The Bertz CT molecular complexity index is 494. The molecular formula is C18H23FO2. The molecule has 3 heteroatoms. The second-order valence-electron chi connectivity index (χ2n) is 5.55. The van der Waals surface area contributed by atoms with Gasteiger partial charge in [0.2, 0.25) is 0 Å². The molecule has 0 unspecified atom stereocenters. The Morgan fingerprint density at radius 1 is 1.14 bits per heavy atom. The lowest BCUT2D eigenvalue weighted by molar-refractivity contribution is 0.0308. The number of hydrogen-bond donors (Lipinski definition) is 1. The summed E-state index contributed by atoms with van der Waals surface area (Å²) in [5.74, 6) is 5.39. The second kappa shape index (κ2) is 8.81. The van der Waals surface area contributed by atoms with E-state index in [0.717, 1.165) is 18.4 Å². The first-order chi connectivity index (χ1) is 10.3. The van der Waals surface area contributed by atoms with Crippen LogP contribution in [-0.2, 0) is 11.3 Å². The molecule has 0 bridgehead atoms. The molecular weight excluding hydrogens is 267 g/mol. The Hall–Kier alpha value is -1.37. The number of rotatable bonds is 4. The summed E-state index contributed by atoms with van der Waals surface area (Å²) in [6.45, 7) is 0.469. The number of halogens is 1. The summed E-state index contributed by atoms with van der Waals surface area (Å²) in [7, 11) is 0. The van der Waals surface area contributed by atoms with E-state index in [4.69, 9.17) is 9.84 Å². The average molecular weight is 290 g/mol. The first-order valence-corrected chi connectivity index (χ1v) is 7.79. The molecule has 0 spiro atoms. The van der Waals surface area contributed by atoms with Gasteiger partial charge in [0, 0.05) is 12.0 Å². The zero-order valence-electron chi connectivity index (χ0n) is 12.4. The largest absolute Gasteiger partial charge is 0.395 e. The van der Waals surface area contributed by atoms with Gasteiger partial charge in [0.05, 0.1) is 19.3 Å². The standard InChI is InChI=1S/C18H23FO2/c19-17-12-15(7-5-6-10-20)11-16(13-17)14-21-18-8-3-1-2-4-9-18/h11-13,18,20H,1-4,6,8-10,14H2. The van der Waals surface area contributed by atoms with Gasteiger partial charge in [-0.3, -0.25) is 0 Å². The van der Waals surface area contributed by atoms with Crippen molar-refractivity contribution in [2.45, 2.75) is 57.7 Å². The van der Waals surface area contributed by atoms with Gasteiger partial charge < -0.3 is 9.84 Å². The maximum atomic E-state index is 13.6. The summed E-state index contributed by atoms with van der Waals surface area (Å²) >= 11 is 0. The Kier molecular flexibility index (Phi) is 6.72. The van der Waals surface area contributed by atoms with Crippen LogP contribution >= 0.6 is 0 Å². The Balaban J connectivity index is 1.94. The number of hydrogen-bond acceptors (Lipinski definition) is 2. The van der Waals surface area contributed by atoms with E-state index in [9.17, 15) is 4.39 Å². The van der Waals surface area contributed by atoms with Crippen molar-refractivity contribution in [2.24, 2.45) is 0 Å². The van der Waals surface area contributed by atoms with E-state index in [2.05, 4.69) is 11.8 Å². The molecule has 2 rings (SSSR count). The normalized spacial score (nSPS) is 16.1. The van der Waals surface area contributed by atoms with Crippen LogP contribution in [0.1, 0.15) is 56.1 Å². The van der Waals surface area contributed by atoms with Crippen molar-refractivity contribution in [1.82, 2.24) is 0 Å². The molecule has 0 aliphatic heterocycles. The summed E-state index contributed by atoms with van der Waals surface area (Å²) < 4.78 is 19.5. The molecule has 1 fully saturated rings. The molecule has 0 aromatic heterocycles. The van der Waals surface area contributed by atoms with Gasteiger partial charge in [-0.05, 0) is 36.6 Å². The van der Waals surface area contributed by atoms with Gasteiger partial charge in [-0.15, -0.1) is 0 Å². The lowest BCUT2D eigenvalue weighted by atomic mass is 10.1. The third kappa shape index (κ3) is 5.87. The highest BCUT2D eigenvalue weighted by Gasteiger charge is 2.12. The fourth-order valence-corrected chi connectivity index (χ4v) is 2.65. The Labute approximate surface area is 126 Å². The Morgan fingerprint density at radius 2 is 1.90 bits per heavy atom. The van der Waals surface area contributed by atoms with Crippen LogP contribution < -0.4 is 0 Å². The summed E-state index contributed by atoms with van der Waals surface area (Å²) in [6.07, 6.45) is 7.98. The van der Waals surface area contributed by atoms with Crippen LogP contribution in [0.3, 0.4) is 0 Å². The third-order valence-corrected chi connectivity index (χ3v) is 3.72. The van der Waals surface area contributed by atoms with Gasteiger partial charge in [0.1, 0.15) is 5.82 Å². The molecule has 0 atom stereocenters. The molecule has 0 saturated heterocycles. The third-order valence-electron chi connectivity index (χ3n) is 3.72. The van der Waals surface area contributed by atoms with Crippen LogP contribution in [0.25, 0.3) is 0 Å². The summed E-state index contributed by atoms with van der Waals surface area (Å²) in [5, 5.41) is 8.71. The van der Waals surface area contributed by atoms with Crippen molar-refractivity contribution in [3.63, 3.8) is 0 Å². The Morgan fingerprint density at radius 3 is 2.62 bits per heavy atom. The molecule has 0 heterocycles. The lowest BCUT2D eigenvalue weighted by Gasteiger charge is -2.15. The highest BCUT2D eigenvalue weighted by molar-refractivity contribution is 5.37. The van der Waals surface area contributed by atoms with E-state index < -0.39 is 0 Å².